The van der Waals surface area contributed by atoms with Crippen LogP contribution < -0.4 is 5.56 Å². The van der Waals surface area contributed by atoms with Crippen LogP contribution in [-0.2, 0) is 6.54 Å². The summed E-state index contributed by atoms with van der Waals surface area (Å²) in [4.78, 5) is 32.7. The van der Waals surface area contributed by atoms with Crippen molar-refractivity contribution >= 4 is 27.3 Å². The average Bonchev–Trinajstić information content (AvgIpc) is 3.30. The number of aromatic amines is 1. The SMILES string of the molecule is CCCn1cc(C(=O)c2cc(C)ccc2O)cc1-c1nc2ccsc2c(=O)[nH]1. The van der Waals surface area contributed by atoms with Gasteiger partial charge < -0.3 is 14.7 Å². The predicted octanol–water partition coefficient (Wildman–Crippen LogP) is 4.11. The van der Waals surface area contributed by atoms with Gasteiger partial charge in [-0.15, -0.1) is 11.3 Å². The fourth-order valence-corrected chi connectivity index (χ4v) is 3.97. The minimum absolute atomic E-state index is 0.0494. The van der Waals surface area contributed by atoms with E-state index in [0.29, 0.717) is 33.8 Å². The summed E-state index contributed by atoms with van der Waals surface area (Å²) in [6.45, 7) is 4.58. The highest BCUT2D eigenvalue weighted by molar-refractivity contribution is 7.17. The van der Waals surface area contributed by atoms with Gasteiger partial charge >= 0.3 is 0 Å². The number of aromatic hydroxyl groups is 1. The summed E-state index contributed by atoms with van der Waals surface area (Å²) in [5.41, 5.74) is 2.71. The highest BCUT2D eigenvalue weighted by Gasteiger charge is 2.19. The number of rotatable bonds is 5. The lowest BCUT2D eigenvalue weighted by Crippen LogP contribution is -2.09. The van der Waals surface area contributed by atoms with E-state index in [1.165, 1.54) is 17.4 Å². The number of phenolic OH excluding ortho intramolecular Hbond substituents is 1. The van der Waals surface area contributed by atoms with E-state index in [1.54, 1.807) is 24.4 Å². The van der Waals surface area contributed by atoms with Gasteiger partial charge in [0.25, 0.3) is 5.56 Å². The number of aryl methyl sites for hydroxylation is 2. The van der Waals surface area contributed by atoms with Crippen LogP contribution in [-0.4, -0.2) is 25.4 Å². The number of hydrogen-bond acceptors (Lipinski definition) is 5. The van der Waals surface area contributed by atoms with E-state index >= 15 is 0 Å². The van der Waals surface area contributed by atoms with E-state index in [9.17, 15) is 14.7 Å². The summed E-state index contributed by atoms with van der Waals surface area (Å²) in [6, 6.07) is 8.48. The molecule has 0 amide bonds. The third-order valence-corrected chi connectivity index (χ3v) is 5.48. The molecule has 1 aromatic carbocycles. The number of phenols is 1. The molecule has 0 bridgehead atoms. The van der Waals surface area contributed by atoms with Crippen molar-refractivity contribution in [2.24, 2.45) is 0 Å². The molecule has 4 rings (SSSR count). The Morgan fingerprint density at radius 3 is 2.89 bits per heavy atom. The van der Waals surface area contributed by atoms with Crippen molar-refractivity contribution in [3.63, 3.8) is 0 Å². The zero-order valence-electron chi connectivity index (χ0n) is 15.5. The van der Waals surface area contributed by atoms with Gasteiger partial charge in [-0.3, -0.25) is 9.59 Å². The summed E-state index contributed by atoms with van der Waals surface area (Å²) < 4.78 is 2.50. The molecular formula is C21H19N3O3S. The lowest BCUT2D eigenvalue weighted by atomic mass is 10.0. The molecule has 0 aliphatic carbocycles. The highest BCUT2D eigenvalue weighted by atomic mass is 32.1. The minimum atomic E-state index is -0.267. The fraction of sp³-hybridized carbons (Fsp3) is 0.190. The van der Waals surface area contributed by atoms with Crippen molar-refractivity contribution in [2.45, 2.75) is 26.8 Å². The third kappa shape index (κ3) is 3.14. The van der Waals surface area contributed by atoms with Crippen LogP contribution >= 0.6 is 11.3 Å². The first-order chi connectivity index (χ1) is 13.5. The van der Waals surface area contributed by atoms with Crippen molar-refractivity contribution in [3.05, 3.63) is 69.0 Å². The first-order valence-corrected chi connectivity index (χ1v) is 9.88. The first-order valence-electron chi connectivity index (χ1n) is 9.00. The number of thiophene rings is 1. The number of H-pyrrole nitrogens is 1. The van der Waals surface area contributed by atoms with E-state index in [4.69, 9.17) is 0 Å². The molecule has 0 saturated carbocycles. The summed E-state index contributed by atoms with van der Waals surface area (Å²) in [5.74, 6) is 0.111. The van der Waals surface area contributed by atoms with Gasteiger partial charge in [-0.25, -0.2) is 4.98 Å². The highest BCUT2D eigenvalue weighted by Crippen LogP contribution is 2.26. The second-order valence-corrected chi connectivity index (χ2v) is 7.62. The summed E-state index contributed by atoms with van der Waals surface area (Å²) in [6.07, 6.45) is 2.61. The van der Waals surface area contributed by atoms with Crippen LogP contribution in [0.2, 0.25) is 0 Å². The standard InChI is InChI=1S/C21H19N3O3S/c1-3-7-24-11-13(18(26)14-9-12(2)4-5-17(14)25)10-16(24)20-22-15-6-8-28-19(15)21(27)23-20/h4-6,8-11,25H,3,7H2,1-2H3,(H,22,23,27). The number of fused-ring (bicyclic) bond motifs is 1. The number of nitrogens with one attached hydrogen (secondary N) is 1. The number of carbonyl (C=O) groups is 1. The Morgan fingerprint density at radius 2 is 2.11 bits per heavy atom. The average molecular weight is 393 g/mol. The van der Waals surface area contributed by atoms with Gasteiger partial charge in [0.05, 0.1) is 16.8 Å². The predicted molar refractivity (Wildman–Crippen MR) is 110 cm³/mol. The molecule has 2 N–H and O–H groups in total. The summed E-state index contributed by atoms with van der Waals surface area (Å²) in [7, 11) is 0. The Balaban J connectivity index is 1.84. The van der Waals surface area contributed by atoms with Crippen LogP contribution in [0, 0.1) is 6.92 Å². The van der Waals surface area contributed by atoms with Crippen molar-refractivity contribution in [1.29, 1.82) is 0 Å². The van der Waals surface area contributed by atoms with E-state index in [1.807, 2.05) is 29.9 Å². The normalized spacial score (nSPS) is 11.2. The number of hydrogen-bond donors (Lipinski definition) is 2. The quantitative estimate of drug-likeness (QED) is 0.500. The van der Waals surface area contributed by atoms with Crippen LogP contribution in [0.15, 0.2) is 46.7 Å². The fourth-order valence-electron chi connectivity index (χ4n) is 3.24. The Hall–Kier alpha value is -3.19. The number of carbonyl (C=O) groups excluding carboxylic acids is 1. The monoisotopic (exact) mass is 393 g/mol. The molecule has 0 aliphatic rings. The third-order valence-electron chi connectivity index (χ3n) is 4.58. The molecule has 3 aromatic heterocycles. The maximum atomic E-state index is 13.0. The molecule has 0 saturated heterocycles. The Bertz CT molecular complexity index is 1250. The van der Waals surface area contributed by atoms with Crippen molar-refractivity contribution < 1.29 is 9.90 Å². The molecule has 142 valence electrons. The van der Waals surface area contributed by atoms with Crippen LogP contribution in [0.1, 0.15) is 34.8 Å². The van der Waals surface area contributed by atoms with Crippen LogP contribution in [0.25, 0.3) is 21.7 Å². The maximum absolute atomic E-state index is 13.0. The lowest BCUT2D eigenvalue weighted by molar-refractivity contribution is 0.103. The second-order valence-electron chi connectivity index (χ2n) is 6.71. The van der Waals surface area contributed by atoms with Crippen LogP contribution in [0.5, 0.6) is 5.75 Å². The second kappa shape index (κ2) is 7.09. The molecule has 0 radical (unpaired) electrons. The van der Waals surface area contributed by atoms with Gasteiger partial charge in [0.2, 0.25) is 0 Å². The smallest absolute Gasteiger partial charge is 0.269 e. The molecule has 28 heavy (non-hydrogen) atoms. The van der Waals surface area contributed by atoms with E-state index in [-0.39, 0.29) is 22.7 Å². The van der Waals surface area contributed by atoms with E-state index in [0.717, 1.165) is 12.0 Å². The van der Waals surface area contributed by atoms with Crippen LogP contribution in [0.4, 0.5) is 0 Å². The zero-order chi connectivity index (χ0) is 19.8. The van der Waals surface area contributed by atoms with Gasteiger partial charge in [0, 0.05) is 18.3 Å². The molecule has 3 heterocycles. The molecule has 0 unspecified atom stereocenters. The molecule has 0 aliphatic heterocycles. The molecule has 6 nitrogen and oxygen atoms in total. The number of aromatic nitrogens is 3. The maximum Gasteiger partial charge on any atom is 0.269 e. The molecule has 0 fully saturated rings. The minimum Gasteiger partial charge on any atom is -0.507 e. The van der Waals surface area contributed by atoms with Gasteiger partial charge in [-0.05, 0) is 43.0 Å². The van der Waals surface area contributed by atoms with Gasteiger partial charge in [0.15, 0.2) is 11.6 Å². The van der Waals surface area contributed by atoms with Gasteiger partial charge in [-0.2, -0.15) is 0 Å². The van der Waals surface area contributed by atoms with Crippen molar-refractivity contribution in [1.82, 2.24) is 14.5 Å². The van der Waals surface area contributed by atoms with Crippen LogP contribution in [0.3, 0.4) is 0 Å². The Kier molecular flexibility index (Phi) is 4.60. The molecular weight excluding hydrogens is 374 g/mol. The van der Waals surface area contributed by atoms with E-state index in [2.05, 4.69) is 9.97 Å². The van der Waals surface area contributed by atoms with Gasteiger partial charge in [-0.1, -0.05) is 18.6 Å². The molecule has 0 atom stereocenters. The Morgan fingerprint density at radius 1 is 1.29 bits per heavy atom. The Labute approximate surface area is 165 Å². The molecule has 4 aromatic rings. The molecule has 7 heteroatoms. The summed E-state index contributed by atoms with van der Waals surface area (Å²) in [5, 5.41) is 11.9. The summed E-state index contributed by atoms with van der Waals surface area (Å²) >= 11 is 1.35. The van der Waals surface area contributed by atoms with E-state index < -0.39 is 0 Å². The lowest BCUT2D eigenvalue weighted by Gasteiger charge is -2.06. The van der Waals surface area contributed by atoms with Crippen molar-refractivity contribution in [2.75, 3.05) is 0 Å². The number of nitrogens with zero attached hydrogens (tertiary/aromatic N) is 2. The first kappa shape index (κ1) is 18.2. The van der Waals surface area contributed by atoms with Crippen molar-refractivity contribution in [3.8, 4) is 17.3 Å². The number of ketones is 1. The molecule has 0 spiro atoms. The zero-order valence-corrected chi connectivity index (χ0v) is 16.3. The number of benzene rings is 1. The largest absolute Gasteiger partial charge is 0.507 e. The topological polar surface area (TPSA) is 88.0 Å². The van der Waals surface area contributed by atoms with Gasteiger partial charge in [0.1, 0.15) is 10.4 Å².